The number of aryl methyl sites for hydroxylation is 2. The Morgan fingerprint density at radius 3 is 3.03 bits per heavy atom. The van der Waals surface area contributed by atoms with Crippen LogP contribution >= 0.6 is 23.1 Å². The molecule has 1 aliphatic carbocycles. The number of carbonyl (C=O) groups is 1. The van der Waals surface area contributed by atoms with Crippen LogP contribution in [0.5, 0.6) is 5.75 Å². The number of pyridine rings is 1. The third kappa shape index (κ3) is 5.09. The number of thioether (sulfide) groups is 1. The van der Waals surface area contributed by atoms with E-state index in [1.807, 2.05) is 36.4 Å². The van der Waals surface area contributed by atoms with Gasteiger partial charge in [0.05, 0.1) is 22.6 Å². The number of benzene rings is 1. The fraction of sp³-hybridized carbons (Fsp3) is 0.250. The van der Waals surface area contributed by atoms with Gasteiger partial charge in [0.1, 0.15) is 23.0 Å². The summed E-state index contributed by atoms with van der Waals surface area (Å²) in [4.78, 5) is 38.8. The van der Waals surface area contributed by atoms with E-state index in [-0.39, 0.29) is 17.2 Å². The molecule has 0 saturated heterocycles. The number of aromatic amines is 1. The van der Waals surface area contributed by atoms with Crippen LogP contribution in [0.2, 0.25) is 0 Å². The number of nitrogens with zero attached hydrogens (tertiary/aromatic N) is 2. The van der Waals surface area contributed by atoms with Gasteiger partial charge < -0.3 is 15.0 Å². The summed E-state index contributed by atoms with van der Waals surface area (Å²) in [5.41, 5.74) is 2.61. The zero-order valence-corrected chi connectivity index (χ0v) is 19.4. The third-order valence-corrected chi connectivity index (χ3v) is 7.46. The minimum atomic E-state index is -0.125. The van der Waals surface area contributed by atoms with Crippen LogP contribution in [0.4, 0.5) is 5.69 Å². The summed E-state index contributed by atoms with van der Waals surface area (Å²) in [6, 6.07) is 12.9. The molecule has 0 atom stereocenters. The first-order valence-corrected chi connectivity index (χ1v) is 12.7. The summed E-state index contributed by atoms with van der Waals surface area (Å²) in [6.45, 7) is 0.358. The van der Waals surface area contributed by atoms with Crippen LogP contribution in [-0.2, 0) is 30.0 Å². The minimum absolute atomic E-state index is 0.0676. The maximum absolute atomic E-state index is 12.5. The molecule has 33 heavy (non-hydrogen) atoms. The molecule has 0 unspecified atom stereocenters. The zero-order valence-electron chi connectivity index (χ0n) is 17.8. The molecule has 9 heteroatoms. The first kappa shape index (κ1) is 21.7. The lowest BCUT2D eigenvalue weighted by atomic mass is 10.2. The molecule has 3 aromatic heterocycles. The summed E-state index contributed by atoms with van der Waals surface area (Å²) in [7, 11) is 0. The Kier molecular flexibility index (Phi) is 6.41. The number of carbonyl (C=O) groups excluding carboxylic acids is 1. The monoisotopic (exact) mass is 478 g/mol. The topological polar surface area (TPSA) is 97.0 Å². The third-order valence-electron chi connectivity index (χ3n) is 5.33. The van der Waals surface area contributed by atoms with Crippen LogP contribution in [0.15, 0.2) is 53.5 Å². The molecule has 5 rings (SSSR count). The Hall–Kier alpha value is -3.17. The number of aromatic nitrogens is 3. The first-order valence-electron chi connectivity index (χ1n) is 10.7. The van der Waals surface area contributed by atoms with Crippen molar-refractivity contribution in [1.82, 2.24) is 15.0 Å². The predicted molar refractivity (Wildman–Crippen MR) is 132 cm³/mol. The number of thiophene rings is 1. The SMILES string of the molecule is O=C(CSCc1nc2sc3c(c2c(=O)[nH]1)CCC3)Nc1cccc(OCc2ccccn2)c1. The van der Waals surface area contributed by atoms with Crippen molar-refractivity contribution in [3.63, 3.8) is 0 Å². The Morgan fingerprint density at radius 1 is 1.21 bits per heavy atom. The van der Waals surface area contributed by atoms with E-state index in [4.69, 9.17) is 4.74 Å². The Labute approximate surface area is 198 Å². The molecule has 1 aromatic carbocycles. The van der Waals surface area contributed by atoms with Gasteiger partial charge in [-0.2, -0.15) is 0 Å². The molecular weight excluding hydrogens is 456 g/mol. The summed E-state index contributed by atoms with van der Waals surface area (Å²) in [5, 5.41) is 3.64. The van der Waals surface area contributed by atoms with Crippen molar-refractivity contribution in [2.75, 3.05) is 11.1 Å². The molecule has 0 aliphatic heterocycles. The van der Waals surface area contributed by atoms with Crippen LogP contribution in [0.1, 0.15) is 28.4 Å². The van der Waals surface area contributed by atoms with Gasteiger partial charge in [-0.05, 0) is 49.1 Å². The molecule has 3 heterocycles. The van der Waals surface area contributed by atoms with Crippen molar-refractivity contribution in [2.45, 2.75) is 31.6 Å². The second kappa shape index (κ2) is 9.76. The molecule has 0 radical (unpaired) electrons. The summed E-state index contributed by atoms with van der Waals surface area (Å²) in [6.07, 6.45) is 4.84. The Bertz CT molecular complexity index is 1350. The first-order chi connectivity index (χ1) is 16.2. The number of H-pyrrole nitrogens is 1. The fourth-order valence-electron chi connectivity index (χ4n) is 3.86. The highest BCUT2D eigenvalue weighted by Gasteiger charge is 2.21. The molecule has 0 saturated carbocycles. The van der Waals surface area contributed by atoms with Crippen molar-refractivity contribution in [3.8, 4) is 5.75 Å². The number of amides is 1. The maximum atomic E-state index is 12.5. The van der Waals surface area contributed by atoms with Gasteiger partial charge >= 0.3 is 0 Å². The van der Waals surface area contributed by atoms with Crippen LogP contribution < -0.4 is 15.6 Å². The molecule has 0 spiro atoms. The molecule has 1 aliphatic rings. The lowest BCUT2D eigenvalue weighted by Gasteiger charge is -2.09. The van der Waals surface area contributed by atoms with Crippen LogP contribution in [0, 0.1) is 0 Å². The highest BCUT2D eigenvalue weighted by atomic mass is 32.2. The van der Waals surface area contributed by atoms with Crippen LogP contribution in [0.3, 0.4) is 0 Å². The van der Waals surface area contributed by atoms with E-state index in [2.05, 4.69) is 20.3 Å². The molecule has 2 N–H and O–H groups in total. The van der Waals surface area contributed by atoms with Gasteiger partial charge in [-0.25, -0.2) is 4.98 Å². The lowest BCUT2D eigenvalue weighted by Crippen LogP contribution is -2.15. The van der Waals surface area contributed by atoms with Crippen molar-refractivity contribution >= 4 is 44.9 Å². The maximum Gasteiger partial charge on any atom is 0.259 e. The largest absolute Gasteiger partial charge is 0.487 e. The number of ether oxygens (including phenoxy) is 1. The van der Waals surface area contributed by atoms with Gasteiger partial charge in [-0.1, -0.05) is 12.1 Å². The van der Waals surface area contributed by atoms with Gasteiger partial charge in [0, 0.05) is 22.8 Å². The molecule has 168 valence electrons. The van der Waals surface area contributed by atoms with E-state index >= 15 is 0 Å². The van der Waals surface area contributed by atoms with Gasteiger partial charge in [-0.15, -0.1) is 23.1 Å². The van der Waals surface area contributed by atoms with Crippen molar-refractivity contribution in [3.05, 3.63) is 81.0 Å². The average molecular weight is 479 g/mol. The van der Waals surface area contributed by atoms with E-state index in [1.54, 1.807) is 23.6 Å². The highest BCUT2D eigenvalue weighted by Crippen LogP contribution is 2.34. The average Bonchev–Trinajstić information content (AvgIpc) is 3.40. The number of hydrogen-bond donors (Lipinski definition) is 2. The quantitative estimate of drug-likeness (QED) is 0.392. The molecule has 0 bridgehead atoms. The highest BCUT2D eigenvalue weighted by molar-refractivity contribution is 7.99. The minimum Gasteiger partial charge on any atom is -0.487 e. The number of nitrogens with one attached hydrogen (secondary N) is 2. The van der Waals surface area contributed by atoms with Crippen LogP contribution in [0.25, 0.3) is 10.2 Å². The van der Waals surface area contributed by atoms with E-state index in [9.17, 15) is 9.59 Å². The normalized spacial score (nSPS) is 12.6. The van der Waals surface area contributed by atoms with Crippen molar-refractivity contribution in [2.24, 2.45) is 0 Å². The van der Waals surface area contributed by atoms with E-state index in [1.165, 1.54) is 22.2 Å². The summed E-state index contributed by atoms with van der Waals surface area (Å²) in [5.74, 6) is 1.86. The number of fused-ring (bicyclic) bond motifs is 3. The molecular formula is C24H22N4O3S2. The van der Waals surface area contributed by atoms with E-state index in [0.29, 0.717) is 29.6 Å². The summed E-state index contributed by atoms with van der Waals surface area (Å²) < 4.78 is 5.76. The number of hydrogen-bond acceptors (Lipinski definition) is 7. The smallest absolute Gasteiger partial charge is 0.259 e. The Morgan fingerprint density at radius 2 is 2.15 bits per heavy atom. The second-order valence-electron chi connectivity index (χ2n) is 7.73. The number of rotatable bonds is 8. The standard InChI is InChI=1S/C24H22N4O3S2/c29-21(26-15-6-3-7-17(11-15)31-12-16-5-1-2-10-25-16)14-32-13-20-27-23(30)22-18-8-4-9-19(18)33-24(22)28-20/h1-3,5-7,10-11H,4,8-9,12-14H2,(H,26,29)(H,27,28,30). The van der Waals surface area contributed by atoms with Gasteiger partial charge in [0.25, 0.3) is 5.56 Å². The van der Waals surface area contributed by atoms with Crippen molar-refractivity contribution in [1.29, 1.82) is 0 Å². The predicted octanol–water partition coefficient (Wildman–Crippen LogP) is 4.32. The number of anilines is 1. The van der Waals surface area contributed by atoms with E-state index in [0.717, 1.165) is 35.2 Å². The molecule has 0 fully saturated rings. The molecule has 4 aromatic rings. The molecule has 1 amide bonds. The fourth-order valence-corrected chi connectivity index (χ4v) is 5.83. The summed E-state index contributed by atoms with van der Waals surface area (Å²) >= 11 is 3.04. The molecule has 7 nitrogen and oxygen atoms in total. The second-order valence-corrected chi connectivity index (χ2v) is 9.80. The van der Waals surface area contributed by atoms with E-state index < -0.39 is 0 Å². The Balaban J connectivity index is 1.14. The van der Waals surface area contributed by atoms with Gasteiger partial charge in [0.2, 0.25) is 5.91 Å². The van der Waals surface area contributed by atoms with Crippen molar-refractivity contribution < 1.29 is 9.53 Å². The lowest BCUT2D eigenvalue weighted by molar-refractivity contribution is -0.113. The zero-order chi connectivity index (χ0) is 22.6. The van der Waals surface area contributed by atoms with Gasteiger partial charge in [-0.3, -0.25) is 14.6 Å². The van der Waals surface area contributed by atoms with Crippen LogP contribution in [-0.4, -0.2) is 26.6 Å². The van der Waals surface area contributed by atoms with Gasteiger partial charge in [0.15, 0.2) is 0 Å².